The monoisotopic (exact) mass is 378 g/mol. The molecule has 29 heavy (non-hydrogen) atoms. The third kappa shape index (κ3) is 3.27. The summed E-state index contributed by atoms with van der Waals surface area (Å²) in [5, 5.41) is 0. The Kier molecular flexibility index (Phi) is 5.04. The van der Waals surface area contributed by atoms with Gasteiger partial charge in [-0.15, -0.1) is 0 Å². The highest BCUT2D eigenvalue weighted by Crippen LogP contribution is 2.51. The Morgan fingerprint density at radius 3 is 1.31 bits per heavy atom. The van der Waals surface area contributed by atoms with Crippen LogP contribution < -0.4 is 0 Å². The topological polar surface area (TPSA) is 0 Å². The van der Waals surface area contributed by atoms with Crippen LogP contribution in [0.1, 0.15) is 53.6 Å². The Morgan fingerprint density at radius 2 is 1.00 bits per heavy atom. The number of hydrogen-bond acceptors (Lipinski definition) is 0. The minimum Gasteiger partial charge on any atom is -0.0772 e. The van der Waals surface area contributed by atoms with Crippen molar-refractivity contribution in [1.29, 1.82) is 0 Å². The third-order valence-corrected chi connectivity index (χ3v) is 6.26. The zero-order valence-electron chi connectivity index (χ0n) is 18.2. The van der Waals surface area contributed by atoms with Gasteiger partial charge in [-0.1, -0.05) is 107 Å². The molecule has 0 nitrogen and oxygen atoms in total. The summed E-state index contributed by atoms with van der Waals surface area (Å²) in [6.07, 6.45) is 3.42. The van der Waals surface area contributed by atoms with Crippen molar-refractivity contribution in [3.8, 4) is 0 Å². The Labute approximate surface area is 175 Å². The zero-order chi connectivity index (χ0) is 20.6. The number of allylic oxidation sites excluding steroid dienone is 4. The highest BCUT2D eigenvalue weighted by atomic mass is 14.4. The highest BCUT2D eigenvalue weighted by Gasteiger charge is 2.42. The molecule has 0 aromatic heterocycles. The van der Waals surface area contributed by atoms with Crippen molar-refractivity contribution in [3.63, 3.8) is 0 Å². The first-order valence-corrected chi connectivity index (χ1v) is 10.5. The average molecular weight is 379 g/mol. The molecule has 0 heterocycles. The van der Waals surface area contributed by atoms with E-state index >= 15 is 0 Å². The van der Waals surface area contributed by atoms with Crippen LogP contribution in [0.15, 0.2) is 95.6 Å². The van der Waals surface area contributed by atoms with E-state index in [1.807, 2.05) is 0 Å². The van der Waals surface area contributed by atoms with Gasteiger partial charge < -0.3 is 0 Å². The van der Waals surface area contributed by atoms with E-state index in [4.69, 9.17) is 0 Å². The molecule has 0 atom stereocenters. The van der Waals surface area contributed by atoms with Gasteiger partial charge in [-0.3, -0.25) is 0 Å². The summed E-state index contributed by atoms with van der Waals surface area (Å²) in [7, 11) is 0. The van der Waals surface area contributed by atoms with Gasteiger partial charge in [0.1, 0.15) is 0 Å². The van der Waals surface area contributed by atoms with E-state index in [1.165, 1.54) is 50.1 Å². The fraction of sp³-hybridized carbons (Fsp3) is 0.241. The summed E-state index contributed by atoms with van der Waals surface area (Å²) < 4.78 is 0. The minimum absolute atomic E-state index is 0.314. The SMILES string of the molecule is CC1=CCC(C)=C1C(c1cccc(C)c1)(c1cccc(C)c1)c1cccc(C)c1. The normalized spacial score (nSPS) is 14.3. The van der Waals surface area contributed by atoms with Gasteiger partial charge in [-0.05, 0) is 63.3 Å². The first-order valence-electron chi connectivity index (χ1n) is 10.5. The summed E-state index contributed by atoms with van der Waals surface area (Å²) in [5.41, 5.74) is 11.9. The van der Waals surface area contributed by atoms with Gasteiger partial charge in [-0.25, -0.2) is 0 Å². The van der Waals surface area contributed by atoms with Crippen LogP contribution in [-0.4, -0.2) is 0 Å². The van der Waals surface area contributed by atoms with Gasteiger partial charge in [0.25, 0.3) is 0 Å². The number of benzene rings is 3. The molecule has 0 amide bonds. The van der Waals surface area contributed by atoms with Crippen molar-refractivity contribution < 1.29 is 0 Å². The molecule has 1 aliphatic rings. The van der Waals surface area contributed by atoms with Crippen molar-refractivity contribution >= 4 is 0 Å². The summed E-state index contributed by atoms with van der Waals surface area (Å²) in [6, 6.07) is 27.2. The van der Waals surface area contributed by atoms with E-state index in [2.05, 4.69) is 113 Å². The Hall–Kier alpha value is -2.86. The van der Waals surface area contributed by atoms with Crippen molar-refractivity contribution in [3.05, 3.63) is 129 Å². The Bertz CT molecular complexity index is 1010. The van der Waals surface area contributed by atoms with Gasteiger partial charge in [0, 0.05) is 0 Å². The quantitative estimate of drug-likeness (QED) is 0.410. The first kappa shape index (κ1) is 19.5. The summed E-state index contributed by atoms with van der Waals surface area (Å²) >= 11 is 0. The van der Waals surface area contributed by atoms with Gasteiger partial charge in [0.15, 0.2) is 0 Å². The van der Waals surface area contributed by atoms with Crippen molar-refractivity contribution in [2.24, 2.45) is 0 Å². The number of aryl methyl sites for hydroxylation is 3. The minimum atomic E-state index is -0.314. The van der Waals surface area contributed by atoms with E-state index in [9.17, 15) is 0 Å². The first-order chi connectivity index (χ1) is 13.9. The smallest absolute Gasteiger partial charge is 0.0703 e. The maximum atomic E-state index is 2.39. The molecule has 4 rings (SSSR count). The van der Waals surface area contributed by atoms with Gasteiger partial charge in [-0.2, -0.15) is 0 Å². The van der Waals surface area contributed by atoms with Crippen molar-refractivity contribution in [2.45, 2.75) is 46.5 Å². The van der Waals surface area contributed by atoms with E-state index < -0.39 is 0 Å². The summed E-state index contributed by atoms with van der Waals surface area (Å²) in [6.45, 7) is 11.2. The largest absolute Gasteiger partial charge is 0.0772 e. The van der Waals surface area contributed by atoms with Crippen LogP contribution >= 0.6 is 0 Å². The standard InChI is InChI=1S/C29H30/c1-20-9-6-12-25(17-20)29(26-13-7-10-21(2)18-26,27-14-8-11-22(3)19-27)28-23(4)15-16-24(28)5/h6-15,17-19H,16H2,1-5H3. The van der Waals surface area contributed by atoms with Crippen LogP contribution in [-0.2, 0) is 5.41 Å². The maximum absolute atomic E-state index is 2.39. The molecule has 0 N–H and O–H groups in total. The fourth-order valence-corrected chi connectivity index (χ4v) is 5.03. The summed E-state index contributed by atoms with van der Waals surface area (Å²) in [5.74, 6) is 0. The van der Waals surface area contributed by atoms with E-state index in [-0.39, 0.29) is 5.41 Å². The third-order valence-electron chi connectivity index (χ3n) is 6.26. The Balaban J connectivity index is 2.20. The molecule has 146 valence electrons. The molecule has 1 aliphatic carbocycles. The van der Waals surface area contributed by atoms with Crippen molar-refractivity contribution in [1.82, 2.24) is 0 Å². The van der Waals surface area contributed by atoms with E-state index in [0.29, 0.717) is 0 Å². The predicted octanol–water partition coefficient (Wildman–Crippen LogP) is 7.61. The molecule has 0 saturated carbocycles. The molecule has 0 aliphatic heterocycles. The second kappa shape index (κ2) is 7.52. The second-order valence-corrected chi connectivity index (χ2v) is 8.61. The van der Waals surface area contributed by atoms with E-state index in [1.54, 1.807) is 0 Å². The molecule has 0 heteroatoms. The van der Waals surface area contributed by atoms with Crippen molar-refractivity contribution in [2.75, 3.05) is 0 Å². The molecule has 0 fully saturated rings. The molecular weight excluding hydrogens is 348 g/mol. The lowest BCUT2D eigenvalue weighted by Crippen LogP contribution is -2.33. The predicted molar refractivity (Wildman–Crippen MR) is 124 cm³/mol. The lowest BCUT2D eigenvalue weighted by Gasteiger charge is -2.39. The van der Waals surface area contributed by atoms with Crippen LogP contribution in [0.5, 0.6) is 0 Å². The highest BCUT2D eigenvalue weighted by molar-refractivity contribution is 5.66. The average Bonchev–Trinajstić information content (AvgIpc) is 3.02. The van der Waals surface area contributed by atoms with Crippen LogP contribution in [0.4, 0.5) is 0 Å². The molecule has 3 aromatic carbocycles. The van der Waals surface area contributed by atoms with Crippen LogP contribution in [0.3, 0.4) is 0 Å². The lowest BCUT2D eigenvalue weighted by atomic mass is 9.62. The summed E-state index contributed by atoms with van der Waals surface area (Å²) in [4.78, 5) is 0. The van der Waals surface area contributed by atoms with Gasteiger partial charge in [0.2, 0.25) is 0 Å². The van der Waals surface area contributed by atoms with Crippen LogP contribution in [0.2, 0.25) is 0 Å². The van der Waals surface area contributed by atoms with E-state index in [0.717, 1.165) is 6.42 Å². The molecule has 0 spiro atoms. The van der Waals surface area contributed by atoms with Crippen LogP contribution in [0, 0.1) is 20.8 Å². The molecule has 3 aromatic rings. The fourth-order valence-electron chi connectivity index (χ4n) is 5.03. The molecule has 0 bridgehead atoms. The number of hydrogen-bond donors (Lipinski definition) is 0. The lowest BCUT2D eigenvalue weighted by molar-refractivity contribution is 0.724. The Morgan fingerprint density at radius 1 is 0.586 bits per heavy atom. The number of rotatable bonds is 4. The maximum Gasteiger partial charge on any atom is 0.0703 e. The molecule has 0 unspecified atom stereocenters. The van der Waals surface area contributed by atoms with Gasteiger partial charge >= 0.3 is 0 Å². The zero-order valence-corrected chi connectivity index (χ0v) is 18.2. The van der Waals surface area contributed by atoms with Crippen LogP contribution in [0.25, 0.3) is 0 Å². The van der Waals surface area contributed by atoms with Gasteiger partial charge in [0.05, 0.1) is 5.41 Å². The molecule has 0 saturated heterocycles. The molecule has 0 radical (unpaired) electrons. The second-order valence-electron chi connectivity index (χ2n) is 8.61. The molecular formula is C29H30.